The Hall–Kier alpha value is -0.440. The molecule has 0 aliphatic carbocycles. The molecule has 0 aliphatic rings. The average molecular weight is 164 g/mol. The zero-order chi connectivity index (χ0) is 8.69. The fraction of sp³-hybridized carbons (Fsp3) is 0.750. The molecule has 1 atom stereocenters. The van der Waals surface area contributed by atoms with Gasteiger partial charge in [0.1, 0.15) is 0 Å². The minimum Gasteiger partial charge on any atom is -0.389 e. The summed E-state index contributed by atoms with van der Waals surface area (Å²) in [6.07, 6.45) is 1.13. The van der Waals surface area contributed by atoms with Gasteiger partial charge in [0.05, 0.1) is 6.10 Å². The highest BCUT2D eigenvalue weighted by atomic mass is 19.3. The van der Waals surface area contributed by atoms with Gasteiger partial charge in [0, 0.05) is 0 Å². The van der Waals surface area contributed by atoms with E-state index in [1.165, 1.54) is 0 Å². The van der Waals surface area contributed by atoms with Gasteiger partial charge in [-0.3, -0.25) is 0 Å². The summed E-state index contributed by atoms with van der Waals surface area (Å²) in [7, 11) is 0. The maximum absolute atomic E-state index is 11.5. The van der Waals surface area contributed by atoms with E-state index in [1.807, 2.05) is 6.92 Å². The fourth-order valence-electron chi connectivity index (χ4n) is 0.722. The third-order valence-electron chi connectivity index (χ3n) is 1.33. The van der Waals surface area contributed by atoms with Crippen LogP contribution in [0.3, 0.4) is 0 Å². The highest BCUT2D eigenvalue weighted by molar-refractivity contribution is 4.90. The summed E-state index contributed by atoms with van der Waals surface area (Å²) in [6, 6.07) is 0. The normalized spacial score (nSPS) is 14.6. The van der Waals surface area contributed by atoms with Gasteiger partial charge in [0.2, 0.25) is 0 Å². The van der Waals surface area contributed by atoms with E-state index in [0.717, 1.165) is 25.0 Å². The van der Waals surface area contributed by atoms with Crippen LogP contribution in [0.4, 0.5) is 8.78 Å². The molecule has 1 N–H and O–H groups in total. The van der Waals surface area contributed by atoms with Crippen LogP contribution in [-0.4, -0.2) is 17.6 Å². The van der Waals surface area contributed by atoms with Crippen molar-refractivity contribution in [2.45, 2.75) is 38.7 Å². The van der Waals surface area contributed by atoms with Crippen LogP contribution in [-0.2, 0) is 0 Å². The number of rotatable bonds is 5. The first-order valence-corrected chi connectivity index (χ1v) is 3.81. The monoisotopic (exact) mass is 164 g/mol. The second kappa shape index (κ2) is 6.28. The van der Waals surface area contributed by atoms with Gasteiger partial charge in [0.15, 0.2) is 0 Å². The molecule has 0 saturated heterocycles. The van der Waals surface area contributed by atoms with E-state index >= 15 is 0 Å². The SMILES string of the molecule is CCCC[C@@H](O)/C=C\C(F)F. The molecule has 0 unspecified atom stereocenters. The third kappa shape index (κ3) is 7.46. The van der Waals surface area contributed by atoms with E-state index in [9.17, 15) is 8.78 Å². The van der Waals surface area contributed by atoms with E-state index in [1.54, 1.807) is 0 Å². The molecule has 11 heavy (non-hydrogen) atoms. The number of hydrogen-bond acceptors (Lipinski definition) is 1. The maximum Gasteiger partial charge on any atom is 0.257 e. The van der Waals surface area contributed by atoms with Crippen molar-refractivity contribution in [1.29, 1.82) is 0 Å². The second-order valence-electron chi connectivity index (χ2n) is 2.43. The van der Waals surface area contributed by atoms with Gasteiger partial charge in [-0.25, -0.2) is 8.78 Å². The van der Waals surface area contributed by atoms with Crippen LogP contribution in [0.2, 0.25) is 0 Å². The summed E-state index contributed by atoms with van der Waals surface area (Å²) in [5, 5.41) is 9.01. The molecule has 0 aromatic rings. The van der Waals surface area contributed by atoms with E-state index in [4.69, 9.17) is 5.11 Å². The second-order valence-corrected chi connectivity index (χ2v) is 2.43. The first-order valence-electron chi connectivity index (χ1n) is 3.81. The van der Waals surface area contributed by atoms with Gasteiger partial charge in [-0.1, -0.05) is 25.8 Å². The van der Waals surface area contributed by atoms with Gasteiger partial charge in [-0.05, 0) is 12.5 Å². The molecule has 0 fully saturated rings. The molecule has 1 nitrogen and oxygen atoms in total. The maximum atomic E-state index is 11.5. The van der Waals surface area contributed by atoms with E-state index in [-0.39, 0.29) is 0 Å². The molecule has 0 bridgehead atoms. The Kier molecular flexibility index (Phi) is 6.03. The van der Waals surface area contributed by atoms with Crippen LogP contribution in [0.15, 0.2) is 12.2 Å². The molecule has 0 saturated carbocycles. The molecule has 0 aromatic heterocycles. The average Bonchev–Trinajstić information content (AvgIpc) is 1.97. The lowest BCUT2D eigenvalue weighted by Gasteiger charge is -2.02. The van der Waals surface area contributed by atoms with Crippen LogP contribution in [0.1, 0.15) is 26.2 Å². The van der Waals surface area contributed by atoms with E-state index in [0.29, 0.717) is 6.42 Å². The predicted molar refractivity (Wildman–Crippen MR) is 40.7 cm³/mol. The quantitative estimate of drug-likeness (QED) is 0.618. The highest BCUT2D eigenvalue weighted by Crippen LogP contribution is 2.03. The van der Waals surface area contributed by atoms with Crippen molar-refractivity contribution in [2.24, 2.45) is 0 Å². The molecule has 3 heteroatoms. The molecule has 0 heterocycles. The number of hydrogen-bond donors (Lipinski definition) is 1. The Morgan fingerprint density at radius 3 is 2.45 bits per heavy atom. The third-order valence-corrected chi connectivity index (χ3v) is 1.33. The van der Waals surface area contributed by atoms with Gasteiger partial charge < -0.3 is 5.11 Å². The fourth-order valence-corrected chi connectivity index (χ4v) is 0.722. The lowest BCUT2D eigenvalue weighted by atomic mass is 10.1. The molecule has 0 radical (unpaired) electrons. The van der Waals surface area contributed by atoms with Crippen LogP contribution in [0.25, 0.3) is 0 Å². The molecular formula is C8H14F2O. The van der Waals surface area contributed by atoms with E-state index in [2.05, 4.69) is 0 Å². The molecule has 0 rings (SSSR count). The molecular weight excluding hydrogens is 150 g/mol. The molecule has 66 valence electrons. The summed E-state index contributed by atoms with van der Waals surface area (Å²) in [6.45, 7) is 1.99. The Morgan fingerprint density at radius 1 is 1.36 bits per heavy atom. The number of aliphatic hydroxyl groups excluding tert-OH is 1. The minimum atomic E-state index is -2.45. The number of allylic oxidation sites excluding steroid dienone is 1. The van der Waals surface area contributed by atoms with E-state index < -0.39 is 12.5 Å². The lowest BCUT2D eigenvalue weighted by Crippen LogP contribution is -2.01. The number of halogens is 2. The summed E-state index contributed by atoms with van der Waals surface area (Å²) < 4.78 is 23.0. The van der Waals surface area contributed by atoms with Crippen molar-refractivity contribution in [2.75, 3.05) is 0 Å². The van der Waals surface area contributed by atoms with Crippen LogP contribution in [0.5, 0.6) is 0 Å². The Bertz CT molecular complexity index is 113. The Morgan fingerprint density at radius 2 is 2.00 bits per heavy atom. The zero-order valence-corrected chi connectivity index (χ0v) is 6.63. The summed E-state index contributed by atoms with van der Waals surface area (Å²) >= 11 is 0. The Balaban J connectivity index is 3.42. The van der Waals surface area contributed by atoms with Gasteiger partial charge in [0.25, 0.3) is 6.43 Å². The smallest absolute Gasteiger partial charge is 0.257 e. The predicted octanol–water partition coefficient (Wildman–Crippen LogP) is 2.36. The van der Waals surface area contributed by atoms with Gasteiger partial charge >= 0.3 is 0 Å². The minimum absolute atomic E-state index is 0.569. The topological polar surface area (TPSA) is 20.2 Å². The van der Waals surface area contributed by atoms with Gasteiger partial charge in [-0.15, -0.1) is 0 Å². The largest absolute Gasteiger partial charge is 0.389 e. The number of alkyl halides is 2. The molecule has 0 aliphatic heterocycles. The number of unbranched alkanes of at least 4 members (excludes halogenated alkanes) is 1. The van der Waals surface area contributed by atoms with Crippen molar-refractivity contribution in [3.63, 3.8) is 0 Å². The van der Waals surface area contributed by atoms with Crippen molar-refractivity contribution in [3.8, 4) is 0 Å². The van der Waals surface area contributed by atoms with Crippen LogP contribution in [0, 0.1) is 0 Å². The van der Waals surface area contributed by atoms with Crippen molar-refractivity contribution in [3.05, 3.63) is 12.2 Å². The summed E-state index contributed by atoms with van der Waals surface area (Å²) in [5.74, 6) is 0. The summed E-state index contributed by atoms with van der Waals surface area (Å²) in [5.41, 5.74) is 0. The molecule has 0 amide bonds. The number of aliphatic hydroxyl groups is 1. The lowest BCUT2D eigenvalue weighted by molar-refractivity contribution is 0.189. The first kappa shape index (κ1) is 10.6. The van der Waals surface area contributed by atoms with Crippen molar-refractivity contribution < 1.29 is 13.9 Å². The highest BCUT2D eigenvalue weighted by Gasteiger charge is 1.99. The first-order chi connectivity index (χ1) is 5.16. The zero-order valence-electron chi connectivity index (χ0n) is 6.63. The van der Waals surface area contributed by atoms with Crippen molar-refractivity contribution >= 4 is 0 Å². The summed E-state index contributed by atoms with van der Waals surface area (Å²) in [4.78, 5) is 0. The van der Waals surface area contributed by atoms with Crippen molar-refractivity contribution in [1.82, 2.24) is 0 Å². The Labute approximate surface area is 65.7 Å². The molecule has 0 spiro atoms. The van der Waals surface area contributed by atoms with Crippen LogP contribution >= 0.6 is 0 Å². The van der Waals surface area contributed by atoms with Crippen LogP contribution < -0.4 is 0 Å². The molecule has 0 aromatic carbocycles. The van der Waals surface area contributed by atoms with Gasteiger partial charge in [-0.2, -0.15) is 0 Å². The standard InChI is InChI=1S/C8H14F2O/c1-2-3-4-7(11)5-6-8(9)10/h5-8,11H,2-4H2,1H3/b6-5-/t7-/m1/s1.